The Hall–Kier alpha value is -2.96. The monoisotopic (exact) mass is 332 g/mol. The second-order valence-electron chi connectivity index (χ2n) is 4.59. The molecule has 0 atom stereocenters. The predicted octanol–water partition coefficient (Wildman–Crippen LogP) is 4.15. The molecule has 7 nitrogen and oxygen atoms in total. The Balaban J connectivity index is 2.53. The Labute approximate surface area is 140 Å². The normalized spacial score (nSPS) is 10.5. The van der Waals surface area contributed by atoms with E-state index in [1.54, 1.807) is 45.6 Å². The highest BCUT2D eigenvalue weighted by Crippen LogP contribution is 2.44. The van der Waals surface area contributed by atoms with Crippen molar-refractivity contribution in [1.82, 2.24) is 0 Å². The van der Waals surface area contributed by atoms with Crippen molar-refractivity contribution in [1.29, 1.82) is 0 Å². The number of azo groups is 1. The lowest BCUT2D eigenvalue weighted by Gasteiger charge is -2.12. The lowest BCUT2D eigenvalue weighted by atomic mass is 10.2. The van der Waals surface area contributed by atoms with Gasteiger partial charge in [-0.2, -0.15) is 0 Å². The van der Waals surface area contributed by atoms with E-state index in [4.69, 9.17) is 23.7 Å². The molecule has 0 saturated heterocycles. The van der Waals surface area contributed by atoms with Gasteiger partial charge in [0.25, 0.3) is 0 Å². The standard InChI is InChI=1S/C17H20N2O5/c1-20-11-9-14(23-4)17(15(10-11)24-5)19-18-16-12(21-2)7-6-8-13(16)22-3/h6-10H,1-5H3. The lowest BCUT2D eigenvalue weighted by molar-refractivity contribution is 0.376. The Bertz CT molecular complexity index is 684. The van der Waals surface area contributed by atoms with Crippen molar-refractivity contribution in [2.75, 3.05) is 35.5 Å². The second-order valence-corrected chi connectivity index (χ2v) is 4.59. The Morgan fingerprint density at radius 3 is 1.38 bits per heavy atom. The fourth-order valence-electron chi connectivity index (χ4n) is 2.12. The van der Waals surface area contributed by atoms with Crippen LogP contribution in [0, 0.1) is 0 Å². The van der Waals surface area contributed by atoms with Crippen molar-refractivity contribution in [3.63, 3.8) is 0 Å². The summed E-state index contributed by atoms with van der Waals surface area (Å²) in [7, 11) is 7.76. The molecule has 0 radical (unpaired) electrons. The molecule has 0 bridgehead atoms. The zero-order chi connectivity index (χ0) is 17.5. The van der Waals surface area contributed by atoms with Crippen LogP contribution in [-0.4, -0.2) is 35.5 Å². The highest BCUT2D eigenvalue weighted by molar-refractivity contribution is 5.66. The second kappa shape index (κ2) is 8.05. The summed E-state index contributed by atoms with van der Waals surface area (Å²) in [5.74, 6) is 2.64. The number of nitrogens with zero attached hydrogens (tertiary/aromatic N) is 2. The molecule has 0 saturated carbocycles. The molecular formula is C17H20N2O5. The van der Waals surface area contributed by atoms with Gasteiger partial charge in [-0.15, -0.1) is 10.2 Å². The fraction of sp³-hybridized carbons (Fsp3) is 0.294. The van der Waals surface area contributed by atoms with Crippen LogP contribution in [0.5, 0.6) is 28.7 Å². The van der Waals surface area contributed by atoms with Crippen molar-refractivity contribution < 1.29 is 23.7 Å². The van der Waals surface area contributed by atoms with E-state index in [0.717, 1.165) is 0 Å². The Morgan fingerprint density at radius 1 is 0.583 bits per heavy atom. The number of ether oxygens (including phenoxy) is 5. The van der Waals surface area contributed by atoms with E-state index in [1.807, 2.05) is 6.07 Å². The molecule has 0 fully saturated rings. The van der Waals surface area contributed by atoms with E-state index in [1.165, 1.54) is 14.2 Å². The first-order chi connectivity index (χ1) is 11.7. The summed E-state index contributed by atoms with van der Waals surface area (Å²) in [6, 6.07) is 8.77. The van der Waals surface area contributed by atoms with Gasteiger partial charge in [-0.25, -0.2) is 0 Å². The van der Waals surface area contributed by atoms with Gasteiger partial charge in [-0.1, -0.05) is 6.07 Å². The third-order valence-corrected chi connectivity index (χ3v) is 3.34. The summed E-state index contributed by atoms with van der Waals surface area (Å²) in [5, 5.41) is 8.54. The van der Waals surface area contributed by atoms with Crippen molar-refractivity contribution in [2.45, 2.75) is 0 Å². The molecular weight excluding hydrogens is 312 g/mol. The Morgan fingerprint density at radius 2 is 1.00 bits per heavy atom. The molecule has 0 unspecified atom stereocenters. The van der Waals surface area contributed by atoms with Crippen LogP contribution in [0.15, 0.2) is 40.6 Å². The van der Waals surface area contributed by atoms with Crippen LogP contribution < -0.4 is 23.7 Å². The zero-order valence-electron chi connectivity index (χ0n) is 14.3. The van der Waals surface area contributed by atoms with Crippen LogP contribution in [0.1, 0.15) is 0 Å². The van der Waals surface area contributed by atoms with Gasteiger partial charge in [0, 0.05) is 12.1 Å². The van der Waals surface area contributed by atoms with Gasteiger partial charge in [-0.05, 0) is 12.1 Å². The highest BCUT2D eigenvalue weighted by atomic mass is 16.5. The van der Waals surface area contributed by atoms with Crippen molar-refractivity contribution in [3.05, 3.63) is 30.3 Å². The summed E-state index contributed by atoms with van der Waals surface area (Å²) >= 11 is 0. The minimum absolute atomic E-state index is 0.439. The maximum absolute atomic E-state index is 5.36. The molecule has 7 heteroatoms. The molecule has 0 heterocycles. The predicted molar refractivity (Wildman–Crippen MR) is 89.8 cm³/mol. The zero-order valence-corrected chi connectivity index (χ0v) is 14.3. The van der Waals surface area contributed by atoms with Gasteiger partial charge in [-0.3, -0.25) is 0 Å². The van der Waals surface area contributed by atoms with E-state index >= 15 is 0 Å². The molecule has 2 aromatic rings. The van der Waals surface area contributed by atoms with E-state index in [-0.39, 0.29) is 0 Å². The highest BCUT2D eigenvalue weighted by Gasteiger charge is 2.14. The molecule has 0 amide bonds. The number of benzene rings is 2. The minimum Gasteiger partial charge on any atom is -0.496 e. The van der Waals surface area contributed by atoms with E-state index in [2.05, 4.69) is 10.2 Å². The Kier molecular flexibility index (Phi) is 5.83. The summed E-state index contributed by atoms with van der Waals surface area (Å²) in [4.78, 5) is 0. The molecule has 0 aliphatic rings. The van der Waals surface area contributed by atoms with E-state index < -0.39 is 0 Å². The van der Waals surface area contributed by atoms with Crippen LogP contribution in [0.4, 0.5) is 11.4 Å². The van der Waals surface area contributed by atoms with E-state index in [9.17, 15) is 0 Å². The summed E-state index contributed by atoms with van der Waals surface area (Å²) in [5.41, 5.74) is 0.913. The molecule has 0 aromatic heterocycles. The van der Waals surface area contributed by atoms with Gasteiger partial charge < -0.3 is 23.7 Å². The van der Waals surface area contributed by atoms with Gasteiger partial charge in [0.15, 0.2) is 22.9 Å². The van der Waals surface area contributed by atoms with Crippen LogP contribution in [0.3, 0.4) is 0 Å². The van der Waals surface area contributed by atoms with Crippen LogP contribution in [0.2, 0.25) is 0 Å². The molecule has 2 rings (SSSR count). The molecule has 24 heavy (non-hydrogen) atoms. The largest absolute Gasteiger partial charge is 0.496 e. The third kappa shape index (κ3) is 3.51. The quantitative estimate of drug-likeness (QED) is 0.712. The number of methoxy groups -OCH3 is 5. The lowest BCUT2D eigenvalue weighted by Crippen LogP contribution is -1.92. The molecule has 0 aliphatic carbocycles. The fourth-order valence-corrected chi connectivity index (χ4v) is 2.12. The number of hydrogen-bond acceptors (Lipinski definition) is 7. The molecule has 0 spiro atoms. The minimum atomic E-state index is 0.439. The maximum atomic E-state index is 5.36. The smallest absolute Gasteiger partial charge is 0.170 e. The summed E-state index contributed by atoms with van der Waals surface area (Å²) in [6.07, 6.45) is 0. The number of rotatable bonds is 7. The van der Waals surface area contributed by atoms with Gasteiger partial charge in [0.1, 0.15) is 17.2 Å². The summed E-state index contributed by atoms with van der Waals surface area (Å²) < 4.78 is 26.5. The van der Waals surface area contributed by atoms with Crippen LogP contribution in [0.25, 0.3) is 0 Å². The van der Waals surface area contributed by atoms with Crippen molar-refractivity contribution >= 4 is 11.4 Å². The van der Waals surface area contributed by atoms with Crippen LogP contribution >= 0.6 is 0 Å². The van der Waals surface area contributed by atoms with Gasteiger partial charge >= 0.3 is 0 Å². The first-order valence-electron chi connectivity index (χ1n) is 7.11. The number of hydrogen-bond donors (Lipinski definition) is 0. The van der Waals surface area contributed by atoms with Gasteiger partial charge in [0.2, 0.25) is 0 Å². The van der Waals surface area contributed by atoms with Crippen LogP contribution in [-0.2, 0) is 0 Å². The average molecular weight is 332 g/mol. The van der Waals surface area contributed by atoms with Crippen molar-refractivity contribution in [2.24, 2.45) is 10.2 Å². The first-order valence-corrected chi connectivity index (χ1v) is 7.11. The first kappa shape index (κ1) is 17.4. The van der Waals surface area contributed by atoms with Gasteiger partial charge in [0.05, 0.1) is 35.5 Å². The topological polar surface area (TPSA) is 70.9 Å². The average Bonchev–Trinajstić information content (AvgIpc) is 2.64. The third-order valence-electron chi connectivity index (χ3n) is 3.34. The van der Waals surface area contributed by atoms with E-state index in [0.29, 0.717) is 40.1 Å². The van der Waals surface area contributed by atoms with Crippen molar-refractivity contribution in [3.8, 4) is 28.7 Å². The maximum Gasteiger partial charge on any atom is 0.170 e. The molecule has 128 valence electrons. The molecule has 0 N–H and O–H groups in total. The SMILES string of the molecule is COc1cc(OC)c(N=Nc2c(OC)cccc2OC)c(OC)c1. The molecule has 2 aromatic carbocycles. The molecule has 0 aliphatic heterocycles. The summed E-state index contributed by atoms with van der Waals surface area (Å²) in [6.45, 7) is 0.